The van der Waals surface area contributed by atoms with Crippen LogP contribution in [0.1, 0.15) is 41.6 Å². The van der Waals surface area contributed by atoms with Crippen molar-refractivity contribution in [1.82, 2.24) is 5.32 Å². The van der Waals surface area contributed by atoms with Crippen LogP contribution in [0.15, 0.2) is 18.2 Å². The van der Waals surface area contributed by atoms with Crippen LogP contribution in [0.2, 0.25) is 0 Å². The predicted molar refractivity (Wildman–Crippen MR) is 71.9 cm³/mol. The summed E-state index contributed by atoms with van der Waals surface area (Å²) in [6, 6.07) is 5.11. The second-order valence-electron chi connectivity index (χ2n) is 5.23. The lowest BCUT2D eigenvalue weighted by Crippen LogP contribution is -2.54. The molecule has 102 valence electrons. The van der Waals surface area contributed by atoms with E-state index >= 15 is 0 Å². The van der Waals surface area contributed by atoms with E-state index in [4.69, 9.17) is 10.8 Å². The number of nitrogens with one attached hydrogen (secondary N) is 1. The molecule has 0 unspecified atom stereocenters. The van der Waals surface area contributed by atoms with Crippen molar-refractivity contribution in [1.29, 1.82) is 0 Å². The SMILES string of the molecule is Cc1ccc(C(=O)NC2(CC(=O)O)CCC2)cc1N. The van der Waals surface area contributed by atoms with Gasteiger partial charge in [-0.3, -0.25) is 9.59 Å². The Hall–Kier alpha value is -2.04. The smallest absolute Gasteiger partial charge is 0.305 e. The zero-order valence-corrected chi connectivity index (χ0v) is 10.9. The second kappa shape index (κ2) is 4.91. The summed E-state index contributed by atoms with van der Waals surface area (Å²) >= 11 is 0. The van der Waals surface area contributed by atoms with E-state index in [1.807, 2.05) is 6.92 Å². The summed E-state index contributed by atoms with van der Waals surface area (Å²) in [4.78, 5) is 23.0. The zero-order chi connectivity index (χ0) is 14.0. The number of carbonyl (C=O) groups excluding carboxylic acids is 1. The minimum absolute atomic E-state index is 0.0277. The number of carboxylic acids is 1. The molecule has 0 saturated heterocycles. The Morgan fingerprint density at radius 2 is 2.11 bits per heavy atom. The van der Waals surface area contributed by atoms with E-state index < -0.39 is 11.5 Å². The van der Waals surface area contributed by atoms with Crippen molar-refractivity contribution in [2.24, 2.45) is 0 Å². The van der Waals surface area contributed by atoms with Crippen molar-refractivity contribution in [3.63, 3.8) is 0 Å². The van der Waals surface area contributed by atoms with Crippen LogP contribution in [0.5, 0.6) is 0 Å². The minimum atomic E-state index is -0.886. The molecule has 1 aromatic carbocycles. The molecule has 1 aliphatic rings. The summed E-state index contributed by atoms with van der Waals surface area (Å²) in [5, 5.41) is 11.8. The van der Waals surface area contributed by atoms with E-state index in [1.165, 1.54) is 0 Å². The minimum Gasteiger partial charge on any atom is -0.481 e. The zero-order valence-electron chi connectivity index (χ0n) is 10.9. The number of carbonyl (C=O) groups is 2. The van der Waals surface area contributed by atoms with Crippen LogP contribution in [0.25, 0.3) is 0 Å². The number of nitrogens with two attached hydrogens (primary N) is 1. The Morgan fingerprint density at radius 1 is 1.42 bits per heavy atom. The topological polar surface area (TPSA) is 92.4 Å². The van der Waals surface area contributed by atoms with Gasteiger partial charge in [0.2, 0.25) is 0 Å². The molecular weight excluding hydrogens is 244 g/mol. The highest BCUT2D eigenvalue weighted by Gasteiger charge is 2.40. The summed E-state index contributed by atoms with van der Waals surface area (Å²) in [6.45, 7) is 1.87. The van der Waals surface area contributed by atoms with Gasteiger partial charge in [0.15, 0.2) is 0 Å². The average molecular weight is 262 g/mol. The Labute approximate surface area is 111 Å². The first-order valence-corrected chi connectivity index (χ1v) is 6.32. The van der Waals surface area contributed by atoms with Crippen molar-refractivity contribution in [2.45, 2.75) is 38.1 Å². The molecule has 19 heavy (non-hydrogen) atoms. The van der Waals surface area contributed by atoms with Gasteiger partial charge in [-0.1, -0.05) is 6.07 Å². The summed E-state index contributed by atoms with van der Waals surface area (Å²) in [5.41, 5.74) is 7.15. The molecule has 4 N–H and O–H groups in total. The summed E-state index contributed by atoms with van der Waals surface area (Å²) in [6.07, 6.45) is 2.35. The molecule has 1 aliphatic carbocycles. The Morgan fingerprint density at radius 3 is 2.58 bits per heavy atom. The van der Waals surface area contributed by atoms with Gasteiger partial charge < -0.3 is 16.2 Å². The third-order valence-electron chi connectivity index (χ3n) is 3.72. The number of benzene rings is 1. The van der Waals surface area contributed by atoms with Gasteiger partial charge in [0, 0.05) is 11.3 Å². The lowest BCUT2D eigenvalue weighted by atomic mass is 9.74. The number of rotatable bonds is 4. The number of carboxylic acid groups (broad SMARTS) is 1. The standard InChI is InChI=1S/C14H18N2O3/c1-9-3-4-10(7-11(9)15)13(19)16-14(5-2-6-14)8-12(17)18/h3-4,7H,2,5-6,8,15H2,1H3,(H,16,19)(H,17,18). The van der Waals surface area contributed by atoms with Crippen molar-refractivity contribution in [3.05, 3.63) is 29.3 Å². The molecule has 1 fully saturated rings. The van der Waals surface area contributed by atoms with Crippen LogP contribution in [0.4, 0.5) is 5.69 Å². The number of aryl methyl sites for hydroxylation is 1. The largest absolute Gasteiger partial charge is 0.481 e. The monoisotopic (exact) mass is 262 g/mol. The van der Waals surface area contributed by atoms with E-state index in [0.717, 1.165) is 12.0 Å². The van der Waals surface area contributed by atoms with Crippen LogP contribution < -0.4 is 11.1 Å². The first kappa shape index (κ1) is 13.4. The number of aliphatic carboxylic acids is 1. The number of amides is 1. The molecule has 1 saturated carbocycles. The van der Waals surface area contributed by atoms with Gasteiger partial charge in [-0.05, 0) is 43.9 Å². The number of hydrogen-bond acceptors (Lipinski definition) is 3. The van der Waals surface area contributed by atoms with Gasteiger partial charge in [-0.15, -0.1) is 0 Å². The fourth-order valence-electron chi connectivity index (χ4n) is 2.33. The molecule has 0 aliphatic heterocycles. The summed E-state index contributed by atoms with van der Waals surface area (Å²) < 4.78 is 0. The van der Waals surface area contributed by atoms with Gasteiger partial charge in [-0.25, -0.2) is 0 Å². The highest BCUT2D eigenvalue weighted by molar-refractivity contribution is 5.96. The fraction of sp³-hybridized carbons (Fsp3) is 0.429. The molecule has 0 bridgehead atoms. The molecule has 0 heterocycles. The average Bonchev–Trinajstić information content (AvgIpc) is 2.29. The molecule has 0 radical (unpaired) electrons. The fourth-order valence-corrected chi connectivity index (χ4v) is 2.33. The van der Waals surface area contributed by atoms with Crippen molar-refractivity contribution < 1.29 is 14.7 Å². The third-order valence-corrected chi connectivity index (χ3v) is 3.72. The summed E-state index contributed by atoms with van der Waals surface area (Å²) in [7, 11) is 0. The normalized spacial score (nSPS) is 16.5. The molecule has 0 aromatic heterocycles. The van der Waals surface area contributed by atoms with Crippen molar-refractivity contribution in [3.8, 4) is 0 Å². The number of hydrogen-bond donors (Lipinski definition) is 3. The van der Waals surface area contributed by atoms with E-state index in [9.17, 15) is 9.59 Å². The maximum Gasteiger partial charge on any atom is 0.305 e. The van der Waals surface area contributed by atoms with Crippen LogP contribution in [-0.2, 0) is 4.79 Å². The molecule has 0 atom stereocenters. The highest BCUT2D eigenvalue weighted by Crippen LogP contribution is 2.35. The van der Waals surface area contributed by atoms with Gasteiger partial charge in [-0.2, -0.15) is 0 Å². The number of anilines is 1. The quantitative estimate of drug-likeness (QED) is 0.720. The maximum atomic E-state index is 12.1. The van der Waals surface area contributed by atoms with Crippen molar-refractivity contribution in [2.75, 3.05) is 5.73 Å². The summed E-state index contributed by atoms with van der Waals surface area (Å²) in [5.74, 6) is -1.14. The van der Waals surface area contributed by atoms with Gasteiger partial charge >= 0.3 is 5.97 Å². The van der Waals surface area contributed by atoms with E-state index in [1.54, 1.807) is 18.2 Å². The van der Waals surface area contributed by atoms with Crippen molar-refractivity contribution >= 4 is 17.6 Å². The third kappa shape index (κ3) is 2.86. The predicted octanol–water partition coefficient (Wildman–Crippen LogP) is 1.70. The Bertz CT molecular complexity index is 521. The van der Waals surface area contributed by atoms with Crippen LogP contribution in [-0.4, -0.2) is 22.5 Å². The van der Waals surface area contributed by atoms with Gasteiger partial charge in [0.1, 0.15) is 0 Å². The molecule has 1 aromatic rings. The Kier molecular flexibility index (Phi) is 3.46. The molecule has 5 nitrogen and oxygen atoms in total. The van der Waals surface area contributed by atoms with E-state index in [-0.39, 0.29) is 12.3 Å². The molecule has 0 spiro atoms. The first-order chi connectivity index (χ1) is 8.92. The highest BCUT2D eigenvalue weighted by atomic mass is 16.4. The van der Waals surface area contributed by atoms with Gasteiger partial charge in [0.05, 0.1) is 12.0 Å². The maximum absolute atomic E-state index is 12.1. The Balaban J connectivity index is 2.11. The second-order valence-corrected chi connectivity index (χ2v) is 5.23. The van der Waals surface area contributed by atoms with E-state index in [0.29, 0.717) is 24.1 Å². The molecule has 2 rings (SSSR count). The van der Waals surface area contributed by atoms with Crippen LogP contribution in [0, 0.1) is 6.92 Å². The van der Waals surface area contributed by atoms with E-state index in [2.05, 4.69) is 5.32 Å². The lowest BCUT2D eigenvalue weighted by Gasteiger charge is -2.41. The molecular formula is C14H18N2O3. The molecule has 5 heteroatoms. The lowest BCUT2D eigenvalue weighted by molar-refractivity contribution is -0.139. The van der Waals surface area contributed by atoms with Gasteiger partial charge in [0.25, 0.3) is 5.91 Å². The number of nitrogen functional groups attached to an aromatic ring is 1. The van der Waals surface area contributed by atoms with Crippen LogP contribution in [0.3, 0.4) is 0 Å². The van der Waals surface area contributed by atoms with Crippen LogP contribution >= 0.6 is 0 Å². The first-order valence-electron chi connectivity index (χ1n) is 6.32. The molecule has 1 amide bonds.